The topological polar surface area (TPSA) is 18.5 Å². The smallest absolute Gasteiger partial charge is 0.462 e. The molecule has 5 heteroatoms. The lowest BCUT2D eigenvalue weighted by Gasteiger charge is -2.16. The highest BCUT2D eigenvalue weighted by Gasteiger charge is 2.21. The largest absolute Gasteiger partial charge is 0.480 e. The molecular formula is C16H9B3O2. The summed E-state index contributed by atoms with van der Waals surface area (Å²) in [4.78, 5) is 0. The maximum absolute atomic E-state index is 5.28. The van der Waals surface area contributed by atoms with Gasteiger partial charge in [0.15, 0.2) is 0 Å². The first-order valence-electron chi connectivity index (χ1n) is 6.71. The molecule has 2 nitrogen and oxygen atoms in total. The molecule has 0 bridgehead atoms. The van der Waals surface area contributed by atoms with Crippen LogP contribution in [0.15, 0.2) is 54.6 Å². The second-order valence-electron chi connectivity index (χ2n) is 5.11. The van der Waals surface area contributed by atoms with Crippen molar-refractivity contribution in [2.75, 3.05) is 0 Å². The first-order chi connectivity index (χ1) is 10.3. The minimum absolute atomic E-state index is 0.783. The summed E-state index contributed by atoms with van der Waals surface area (Å²) in [5.41, 5.74) is 0.825. The van der Waals surface area contributed by atoms with Gasteiger partial charge in [0.2, 0.25) is 0 Å². The standard InChI is InChI=1S/C16H9B3O2/c17-20-19(21-18)14-9-7-12-5-4-10-2-1-3-11-6-8-13(14)16(12)15(10)11/h1-9H. The lowest BCUT2D eigenvalue weighted by Crippen LogP contribution is -2.36. The lowest BCUT2D eigenvalue weighted by molar-refractivity contribution is 0.491. The van der Waals surface area contributed by atoms with Crippen LogP contribution in [0.1, 0.15) is 0 Å². The zero-order valence-corrected chi connectivity index (χ0v) is 11.2. The number of hydrogen-bond donors (Lipinski definition) is 0. The maximum atomic E-state index is 5.28. The highest BCUT2D eigenvalue weighted by molar-refractivity contribution is 6.69. The van der Waals surface area contributed by atoms with Crippen molar-refractivity contribution in [3.8, 4) is 0 Å². The van der Waals surface area contributed by atoms with E-state index in [4.69, 9.17) is 25.2 Å². The minimum Gasteiger partial charge on any atom is -0.480 e. The Morgan fingerprint density at radius 3 is 1.90 bits per heavy atom. The van der Waals surface area contributed by atoms with Crippen LogP contribution in [0.4, 0.5) is 0 Å². The van der Waals surface area contributed by atoms with Crippen LogP contribution < -0.4 is 5.46 Å². The van der Waals surface area contributed by atoms with E-state index in [2.05, 4.69) is 42.5 Å². The molecule has 4 radical (unpaired) electrons. The molecule has 0 N–H and O–H groups in total. The van der Waals surface area contributed by atoms with Gasteiger partial charge in [0.25, 0.3) is 16.1 Å². The van der Waals surface area contributed by atoms with Crippen LogP contribution in [0, 0.1) is 0 Å². The molecule has 0 aliphatic rings. The average molecular weight is 266 g/mol. The number of hydrogen-bond acceptors (Lipinski definition) is 2. The second-order valence-corrected chi connectivity index (χ2v) is 5.11. The third-order valence-electron chi connectivity index (χ3n) is 4.06. The summed E-state index contributed by atoms with van der Waals surface area (Å²) < 4.78 is 9.66. The second kappa shape index (κ2) is 4.80. The quantitative estimate of drug-likeness (QED) is 0.419. The van der Waals surface area contributed by atoms with Crippen LogP contribution >= 0.6 is 0 Å². The van der Waals surface area contributed by atoms with Gasteiger partial charge in [0, 0.05) is 0 Å². The Balaban J connectivity index is 2.20. The molecule has 0 atom stereocenters. The predicted octanol–water partition coefficient (Wildman–Crippen LogP) is 2.48. The maximum Gasteiger partial charge on any atom is 0.462 e. The van der Waals surface area contributed by atoms with Gasteiger partial charge in [-0.15, -0.1) is 0 Å². The van der Waals surface area contributed by atoms with E-state index < -0.39 is 7.12 Å². The van der Waals surface area contributed by atoms with E-state index in [1.165, 1.54) is 26.9 Å². The van der Waals surface area contributed by atoms with Crippen molar-refractivity contribution in [2.45, 2.75) is 0 Å². The van der Waals surface area contributed by atoms with Gasteiger partial charge >= 0.3 is 7.12 Å². The van der Waals surface area contributed by atoms with Gasteiger partial charge in [-0.05, 0) is 37.8 Å². The van der Waals surface area contributed by atoms with Crippen molar-refractivity contribution < 1.29 is 9.14 Å². The number of rotatable bonds is 3. The Kier molecular flexibility index (Phi) is 2.91. The normalized spacial score (nSPS) is 11.6. The van der Waals surface area contributed by atoms with Gasteiger partial charge in [-0.1, -0.05) is 54.6 Å². The third kappa shape index (κ3) is 1.78. The van der Waals surface area contributed by atoms with Crippen molar-refractivity contribution in [2.24, 2.45) is 0 Å². The highest BCUT2D eigenvalue weighted by atomic mass is 16.5. The van der Waals surface area contributed by atoms with Gasteiger partial charge in [0.1, 0.15) is 0 Å². The fourth-order valence-corrected chi connectivity index (χ4v) is 3.14. The van der Waals surface area contributed by atoms with Crippen LogP contribution in [0.25, 0.3) is 32.3 Å². The summed E-state index contributed by atoms with van der Waals surface area (Å²) in [5, 5.41) is 7.05. The summed E-state index contributed by atoms with van der Waals surface area (Å²) in [7, 11) is 9.78. The van der Waals surface area contributed by atoms with E-state index in [-0.39, 0.29) is 0 Å². The monoisotopic (exact) mass is 266 g/mol. The molecule has 0 amide bonds. The van der Waals surface area contributed by atoms with E-state index in [0.717, 1.165) is 10.8 Å². The van der Waals surface area contributed by atoms with Gasteiger partial charge in [0.05, 0.1) is 0 Å². The SMILES string of the molecule is [B]OB(O[B])c1ccc2ccc3cccc4ccc1c2c34. The molecule has 0 spiro atoms. The molecular weight excluding hydrogens is 257 g/mol. The highest BCUT2D eigenvalue weighted by Crippen LogP contribution is 2.33. The first kappa shape index (κ1) is 12.8. The Hall–Kier alpha value is -1.97. The summed E-state index contributed by atoms with van der Waals surface area (Å²) in [6.45, 7) is 0. The van der Waals surface area contributed by atoms with Crippen LogP contribution in [0.3, 0.4) is 0 Å². The molecule has 0 saturated carbocycles. The van der Waals surface area contributed by atoms with Crippen molar-refractivity contribution in [3.63, 3.8) is 0 Å². The zero-order chi connectivity index (χ0) is 14.4. The Morgan fingerprint density at radius 2 is 1.24 bits per heavy atom. The Labute approximate surface area is 125 Å². The molecule has 0 unspecified atom stereocenters. The van der Waals surface area contributed by atoms with Crippen LogP contribution in [-0.4, -0.2) is 23.2 Å². The van der Waals surface area contributed by atoms with Gasteiger partial charge in [-0.2, -0.15) is 0 Å². The van der Waals surface area contributed by atoms with E-state index in [9.17, 15) is 0 Å². The molecule has 94 valence electrons. The number of benzene rings is 4. The Bertz CT molecular complexity index is 919. The lowest BCUT2D eigenvalue weighted by atomic mass is 9.73. The fraction of sp³-hybridized carbons (Fsp3) is 0. The van der Waals surface area contributed by atoms with E-state index in [0.29, 0.717) is 0 Å². The van der Waals surface area contributed by atoms with Crippen molar-refractivity contribution >= 4 is 61.0 Å². The zero-order valence-electron chi connectivity index (χ0n) is 11.2. The minimum atomic E-state index is -0.783. The molecule has 4 aromatic carbocycles. The summed E-state index contributed by atoms with van der Waals surface area (Å²) in [5.74, 6) is 0. The molecule has 0 heterocycles. The fourth-order valence-electron chi connectivity index (χ4n) is 3.14. The molecule has 21 heavy (non-hydrogen) atoms. The van der Waals surface area contributed by atoms with Gasteiger partial charge < -0.3 is 9.14 Å². The molecule has 4 rings (SSSR count). The van der Waals surface area contributed by atoms with Crippen LogP contribution in [0.2, 0.25) is 0 Å². The van der Waals surface area contributed by atoms with Gasteiger partial charge in [-0.3, -0.25) is 0 Å². The van der Waals surface area contributed by atoms with E-state index >= 15 is 0 Å². The molecule has 0 aliphatic carbocycles. The summed E-state index contributed by atoms with van der Waals surface area (Å²) in [6.07, 6.45) is 0. The van der Waals surface area contributed by atoms with Crippen LogP contribution in [0.5, 0.6) is 0 Å². The summed E-state index contributed by atoms with van der Waals surface area (Å²) in [6, 6.07) is 18.7. The van der Waals surface area contributed by atoms with Crippen molar-refractivity contribution in [1.29, 1.82) is 0 Å². The molecule has 0 saturated heterocycles. The van der Waals surface area contributed by atoms with Crippen molar-refractivity contribution in [1.82, 2.24) is 0 Å². The first-order valence-corrected chi connectivity index (χ1v) is 6.71. The van der Waals surface area contributed by atoms with E-state index in [1.807, 2.05) is 12.1 Å². The molecule has 0 aliphatic heterocycles. The molecule has 4 aromatic rings. The molecule has 0 fully saturated rings. The average Bonchev–Trinajstić information content (AvgIpc) is 2.55. The third-order valence-corrected chi connectivity index (χ3v) is 4.06. The Morgan fingerprint density at radius 1 is 0.667 bits per heavy atom. The van der Waals surface area contributed by atoms with Gasteiger partial charge in [-0.25, -0.2) is 0 Å². The van der Waals surface area contributed by atoms with Crippen molar-refractivity contribution in [3.05, 3.63) is 54.6 Å². The van der Waals surface area contributed by atoms with E-state index in [1.54, 1.807) is 0 Å². The molecule has 0 aromatic heterocycles. The summed E-state index contributed by atoms with van der Waals surface area (Å²) >= 11 is 0. The predicted molar refractivity (Wildman–Crippen MR) is 89.2 cm³/mol. The van der Waals surface area contributed by atoms with Crippen LogP contribution in [-0.2, 0) is 9.14 Å².